The van der Waals surface area contributed by atoms with Gasteiger partial charge in [0.1, 0.15) is 0 Å². The number of nitrogens with one attached hydrogen (secondary N) is 1. The van der Waals surface area contributed by atoms with Crippen LogP contribution in [0.3, 0.4) is 0 Å². The van der Waals surface area contributed by atoms with Gasteiger partial charge in [-0.25, -0.2) is 4.79 Å². The number of carboxylic acid groups (broad SMARTS) is 1. The Morgan fingerprint density at radius 2 is 2.09 bits per heavy atom. The fraction of sp³-hybridized carbons (Fsp3) is 0.875. The maximum Gasteiger partial charge on any atom is 0.317 e. The summed E-state index contributed by atoms with van der Waals surface area (Å²) in [6.07, 6.45) is 1.70. The lowest BCUT2D eigenvalue weighted by molar-refractivity contribution is -0.139. The van der Waals surface area contributed by atoms with Crippen molar-refractivity contribution >= 4 is 23.8 Å². The van der Waals surface area contributed by atoms with Crippen molar-refractivity contribution in [3.63, 3.8) is 0 Å². The zero-order chi connectivity index (χ0) is 17.0. The third kappa shape index (κ3) is 5.01. The molecule has 1 aliphatic heterocycles. The maximum absolute atomic E-state index is 12.4. The average molecular weight is 343 g/mol. The maximum atomic E-state index is 12.4. The topological polar surface area (TPSA) is 72.9 Å². The Bertz CT molecular complexity index is 427. The second-order valence-corrected chi connectivity index (χ2v) is 8.17. The Morgan fingerprint density at radius 3 is 2.65 bits per heavy atom. The number of carbonyl (C=O) groups is 2. The molecule has 0 radical (unpaired) electrons. The average Bonchev–Trinajstić information content (AvgIpc) is 2.48. The van der Waals surface area contributed by atoms with Crippen LogP contribution in [0.15, 0.2) is 0 Å². The van der Waals surface area contributed by atoms with Gasteiger partial charge in [0.25, 0.3) is 0 Å². The molecule has 0 aromatic heterocycles. The Hall–Kier alpha value is -0.950. The van der Waals surface area contributed by atoms with Crippen molar-refractivity contribution in [1.29, 1.82) is 0 Å². The Labute approximate surface area is 143 Å². The summed E-state index contributed by atoms with van der Waals surface area (Å²) >= 11 is 1.96. The lowest BCUT2D eigenvalue weighted by Crippen LogP contribution is -2.58. The molecule has 2 N–H and O–H groups in total. The lowest BCUT2D eigenvalue weighted by Gasteiger charge is -2.43. The SMILES string of the molecule is CCN(CC(=O)O)C1CC(NC(=O)N2CCSC(C(C)C)C2)C1. The molecule has 0 bridgehead atoms. The molecular weight excluding hydrogens is 314 g/mol. The molecule has 1 unspecified atom stereocenters. The molecule has 6 nitrogen and oxygen atoms in total. The predicted octanol–water partition coefficient (Wildman–Crippen LogP) is 1.71. The number of rotatable bonds is 6. The van der Waals surface area contributed by atoms with Gasteiger partial charge in [-0.1, -0.05) is 20.8 Å². The quantitative estimate of drug-likeness (QED) is 0.768. The number of thioether (sulfide) groups is 1. The van der Waals surface area contributed by atoms with Crippen LogP contribution in [0.2, 0.25) is 0 Å². The predicted molar refractivity (Wildman–Crippen MR) is 92.9 cm³/mol. The van der Waals surface area contributed by atoms with Crippen LogP contribution >= 0.6 is 11.8 Å². The molecular formula is C16H29N3O3S. The van der Waals surface area contributed by atoms with Crippen LogP contribution in [-0.4, -0.2) is 76.2 Å². The zero-order valence-corrected chi connectivity index (χ0v) is 15.1. The number of urea groups is 1. The van der Waals surface area contributed by atoms with Crippen molar-refractivity contribution in [1.82, 2.24) is 15.1 Å². The summed E-state index contributed by atoms with van der Waals surface area (Å²) in [5, 5.41) is 12.5. The molecule has 0 aromatic carbocycles. The van der Waals surface area contributed by atoms with Gasteiger partial charge < -0.3 is 15.3 Å². The second-order valence-electron chi connectivity index (χ2n) is 6.83. The summed E-state index contributed by atoms with van der Waals surface area (Å²) in [5.74, 6) is 0.800. The fourth-order valence-corrected chi connectivity index (χ4v) is 4.50. The van der Waals surface area contributed by atoms with Crippen LogP contribution in [0.4, 0.5) is 4.79 Å². The highest BCUT2D eigenvalue weighted by Crippen LogP contribution is 2.27. The van der Waals surface area contributed by atoms with Crippen LogP contribution in [0.5, 0.6) is 0 Å². The minimum atomic E-state index is -0.787. The number of carbonyl (C=O) groups excluding carboxylic acids is 1. The normalized spacial score (nSPS) is 27.9. The van der Waals surface area contributed by atoms with Crippen molar-refractivity contribution in [2.75, 3.05) is 31.9 Å². The highest BCUT2D eigenvalue weighted by atomic mass is 32.2. The van der Waals surface area contributed by atoms with E-state index in [1.54, 1.807) is 0 Å². The number of amides is 2. The summed E-state index contributed by atoms with van der Waals surface area (Å²) < 4.78 is 0. The van der Waals surface area contributed by atoms with E-state index < -0.39 is 5.97 Å². The van der Waals surface area contributed by atoms with Crippen LogP contribution in [0, 0.1) is 5.92 Å². The van der Waals surface area contributed by atoms with Crippen molar-refractivity contribution in [2.24, 2.45) is 5.92 Å². The smallest absolute Gasteiger partial charge is 0.317 e. The van der Waals surface area contributed by atoms with Gasteiger partial charge in [-0.3, -0.25) is 9.69 Å². The van der Waals surface area contributed by atoms with Crippen molar-refractivity contribution in [2.45, 2.75) is 50.9 Å². The van der Waals surface area contributed by atoms with E-state index in [0.717, 1.165) is 38.2 Å². The van der Waals surface area contributed by atoms with Crippen LogP contribution in [0.1, 0.15) is 33.6 Å². The van der Waals surface area contributed by atoms with Crippen molar-refractivity contribution < 1.29 is 14.7 Å². The van der Waals surface area contributed by atoms with E-state index >= 15 is 0 Å². The summed E-state index contributed by atoms with van der Waals surface area (Å²) in [7, 11) is 0. The second kappa shape index (κ2) is 8.24. The highest BCUT2D eigenvalue weighted by Gasteiger charge is 2.36. The largest absolute Gasteiger partial charge is 0.480 e. The first-order valence-corrected chi connectivity index (χ1v) is 9.58. The van der Waals surface area contributed by atoms with Gasteiger partial charge in [-0.2, -0.15) is 11.8 Å². The minimum absolute atomic E-state index is 0.0423. The standard InChI is InChI=1S/C16H29N3O3S/c1-4-18(10-15(20)21)13-7-12(8-13)17-16(22)19-5-6-23-14(9-19)11(2)3/h11-14H,4-10H2,1-3H3,(H,17,22)(H,20,21). The number of likely N-dealkylation sites (N-methyl/N-ethyl adjacent to an activating group) is 1. The highest BCUT2D eigenvalue weighted by molar-refractivity contribution is 8.00. The number of carboxylic acids is 1. The van der Waals surface area contributed by atoms with E-state index in [1.807, 2.05) is 28.5 Å². The first kappa shape index (κ1) is 18.4. The van der Waals surface area contributed by atoms with Crippen LogP contribution in [-0.2, 0) is 4.79 Å². The Kier molecular flexibility index (Phi) is 6.59. The summed E-state index contributed by atoms with van der Waals surface area (Å²) in [6, 6.07) is 0.504. The molecule has 0 spiro atoms. The molecule has 1 saturated heterocycles. The minimum Gasteiger partial charge on any atom is -0.480 e. The molecule has 7 heteroatoms. The van der Waals surface area contributed by atoms with Gasteiger partial charge in [0.15, 0.2) is 0 Å². The first-order chi connectivity index (χ1) is 10.9. The van der Waals surface area contributed by atoms with Gasteiger partial charge in [0.2, 0.25) is 0 Å². The van der Waals surface area contributed by atoms with Gasteiger partial charge >= 0.3 is 12.0 Å². The van der Waals surface area contributed by atoms with Crippen molar-refractivity contribution in [3.05, 3.63) is 0 Å². The number of aliphatic carboxylic acids is 1. The van der Waals surface area contributed by atoms with E-state index in [4.69, 9.17) is 5.11 Å². The monoisotopic (exact) mass is 343 g/mol. The zero-order valence-electron chi connectivity index (χ0n) is 14.3. The first-order valence-electron chi connectivity index (χ1n) is 8.53. The van der Waals surface area contributed by atoms with E-state index in [-0.39, 0.29) is 24.7 Å². The van der Waals surface area contributed by atoms with Crippen LogP contribution in [0.25, 0.3) is 0 Å². The summed E-state index contributed by atoms with van der Waals surface area (Å²) in [5.41, 5.74) is 0. The Morgan fingerprint density at radius 1 is 1.39 bits per heavy atom. The molecule has 0 aromatic rings. The van der Waals surface area contributed by atoms with Gasteiger partial charge in [-0.05, 0) is 25.3 Å². The number of hydrogen-bond acceptors (Lipinski definition) is 4. The molecule has 2 rings (SSSR count). The van der Waals surface area contributed by atoms with Crippen molar-refractivity contribution in [3.8, 4) is 0 Å². The Balaban J connectivity index is 1.74. The molecule has 2 aliphatic rings. The third-order valence-electron chi connectivity index (χ3n) is 4.83. The van der Waals surface area contributed by atoms with Gasteiger partial charge in [0.05, 0.1) is 6.54 Å². The third-order valence-corrected chi connectivity index (χ3v) is 6.37. The molecule has 1 aliphatic carbocycles. The van der Waals surface area contributed by atoms with E-state index in [2.05, 4.69) is 19.2 Å². The summed E-state index contributed by atoms with van der Waals surface area (Å²) in [6.45, 7) is 8.85. The van der Waals surface area contributed by atoms with Gasteiger partial charge in [-0.15, -0.1) is 0 Å². The molecule has 132 valence electrons. The van der Waals surface area contributed by atoms with Crippen LogP contribution < -0.4 is 5.32 Å². The lowest BCUT2D eigenvalue weighted by atomic mass is 9.85. The molecule has 2 amide bonds. The van der Waals surface area contributed by atoms with E-state index in [0.29, 0.717) is 11.2 Å². The molecule has 2 fully saturated rings. The number of hydrogen-bond donors (Lipinski definition) is 2. The molecule has 1 saturated carbocycles. The number of nitrogens with zero attached hydrogens (tertiary/aromatic N) is 2. The van der Waals surface area contributed by atoms with E-state index in [1.165, 1.54) is 0 Å². The fourth-order valence-electron chi connectivity index (χ4n) is 3.21. The molecule has 1 heterocycles. The molecule has 23 heavy (non-hydrogen) atoms. The summed E-state index contributed by atoms with van der Waals surface area (Å²) in [4.78, 5) is 27.1. The van der Waals surface area contributed by atoms with E-state index in [9.17, 15) is 9.59 Å². The molecule has 1 atom stereocenters. The van der Waals surface area contributed by atoms with Gasteiger partial charge in [0, 0.05) is 36.2 Å².